The van der Waals surface area contributed by atoms with Gasteiger partial charge in [-0.05, 0) is 38.1 Å². The third-order valence-corrected chi connectivity index (χ3v) is 6.47. The molecule has 0 aromatic heterocycles. The number of nitrogens with two attached hydrogens (primary N) is 1. The fraction of sp³-hybridized carbons (Fsp3) is 0.900. The molecule has 1 saturated carbocycles. The van der Waals surface area contributed by atoms with Crippen LogP contribution in [0.3, 0.4) is 0 Å². The van der Waals surface area contributed by atoms with Gasteiger partial charge < -0.3 is 15.5 Å². The lowest BCUT2D eigenvalue weighted by atomic mass is 9.87. The molecule has 2 atom stereocenters. The zero-order chi connectivity index (χ0) is 17.6. The first kappa shape index (κ1) is 18.7. The van der Waals surface area contributed by atoms with E-state index in [1.165, 1.54) is 32.1 Å². The summed E-state index contributed by atoms with van der Waals surface area (Å²) in [7, 11) is 0. The van der Waals surface area contributed by atoms with Gasteiger partial charge in [0.1, 0.15) is 0 Å². The van der Waals surface area contributed by atoms with Crippen molar-refractivity contribution in [2.45, 2.75) is 64.2 Å². The summed E-state index contributed by atoms with van der Waals surface area (Å²) in [5, 5.41) is 0. The molecule has 2 aliphatic heterocycles. The zero-order valence-corrected chi connectivity index (χ0v) is 15.6. The van der Waals surface area contributed by atoms with Gasteiger partial charge in [-0.1, -0.05) is 25.7 Å². The molecule has 2 unspecified atom stereocenters. The molecule has 0 spiro atoms. The summed E-state index contributed by atoms with van der Waals surface area (Å²) in [6.07, 6.45) is 10.8. The minimum atomic E-state index is 0.298. The average molecular weight is 350 g/mol. The molecule has 25 heavy (non-hydrogen) atoms. The van der Waals surface area contributed by atoms with Gasteiger partial charge in [-0.25, -0.2) is 0 Å². The number of unbranched alkanes of at least 4 members (excludes halogenated alkanes) is 2. The topological polar surface area (TPSA) is 66.6 Å². The molecule has 142 valence electrons. The molecular weight excluding hydrogens is 314 g/mol. The van der Waals surface area contributed by atoms with E-state index in [0.717, 1.165) is 51.9 Å². The van der Waals surface area contributed by atoms with Crippen LogP contribution in [0.2, 0.25) is 0 Å². The number of rotatable bonds is 7. The third-order valence-electron chi connectivity index (χ3n) is 6.47. The Labute approximate surface area is 152 Å². The van der Waals surface area contributed by atoms with Crippen LogP contribution in [0.4, 0.5) is 0 Å². The Morgan fingerprint density at radius 1 is 0.800 bits per heavy atom. The second-order valence-electron chi connectivity index (χ2n) is 8.43. The van der Waals surface area contributed by atoms with Gasteiger partial charge in [0.15, 0.2) is 0 Å². The van der Waals surface area contributed by atoms with Crippen LogP contribution in [0.5, 0.6) is 0 Å². The van der Waals surface area contributed by atoms with Crippen LogP contribution in [-0.2, 0) is 9.59 Å². The van der Waals surface area contributed by atoms with E-state index < -0.39 is 0 Å². The first-order chi connectivity index (χ1) is 12.2. The predicted octanol–water partition coefficient (Wildman–Crippen LogP) is 2.39. The molecule has 2 saturated heterocycles. The van der Waals surface area contributed by atoms with Crippen molar-refractivity contribution in [3.8, 4) is 0 Å². The van der Waals surface area contributed by atoms with Gasteiger partial charge in [-0.3, -0.25) is 9.59 Å². The molecule has 0 radical (unpaired) electrons. The van der Waals surface area contributed by atoms with E-state index in [-0.39, 0.29) is 0 Å². The maximum absolute atomic E-state index is 12.6. The van der Waals surface area contributed by atoms with E-state index >= 15 is 0 Å². The molecule has 3 aliphatic rings. The molecule has 5 nitrogen and oxygen atoms in total. The van der Waals surface area contributed by atoms with E-state index in [9.17, 15) is 9.59 Å². The minimum Gasteiger partial charge on any atom is -0.342 e. The highest BCUT2D eigenvalue weighted by Crippen LogP contribution is 2.33. The number of amides is 2. The number of carbonyl (C=O) groups is 2. The Balaban J connectivity index is 1.38. The number of fused-ring (bicyclic) bond motifs is 1. The van der Waals surface area contributed by atoms with Crippen molar-refractivity contribution in [2.24, 2.45) is 23.5 Å². The van der Waals surface area contributed by atoms with Gasteiger partial charge in [0, 0.05) is 50.9 Å². The van der Waals surface area contributed by atoms with Gasteiger partial charge in [0.25, 0.3) is 0 Å². The SMILES string of the molecule is NCCCCCC(=O)N1CC2CN(C(=O)CC3CCCCC3)CC2C1. The van der Waals surface area contributed by atoms with Gasteiger partial charge >= 0.3 is 0 Å². The van der Waals surface area contributed by atoms with E-state index in [1.807, 2.05) is 4.90 Å². The fourth-order valence-electron chi connectivity index (χ4n) is 4.92. The highest BCUT2D eigenvalue weighted by Gasteiger charge is 2.42. The summed E-state index contributed by atoms with van der Waals surface area (Å²) in [5.74, 6) is 2.28. The highest BCUT2D eigenvalue weighted by atomic mass is 16.2. The van der Waals surface area contributed by atoms with Crippen molar-refractivity contribution < 1.29 is 9.59 Å². The molecule has 0 aromatic rings. The largest absolute Gasteiger partial charge is 0.342 e. The molecule has 0 aromatic carbocycles. The summed E-state index contributed by atoms with van der Waals surface area (Å²) in [5.41, 5.74) is 5.50. The predicted molar refractivity (Wildman–Crippen MR) is 98.9 cm³/mol. The molecular formula is C20H35N3O2. The van der Waals surface area contributed by atoms with Gasteiger partial charge in [0.05, 0.1) is 0 Å². The molecule has 5 heteroatoms. The van der Waals surface area contributed by atoms with Gasteiger partial charge in [0.2, 0.25) is 11.8 Å². The van der Waals surface area contributed by atoms with Crippen molar-refractivity contribution in [3.63, 3.8) is 0 Å². The Hall–Kier alpha value is -1.10. The number of hydrogen-bond acceptors (Lipinski definition) is 3. The molecule has 2 N–H and O–H groups in total. The van der Waals surface area contributed by atoms with Crippen molar-refractivity contribution in [1.29, 1.82) is 0 Å². The molecule has 1 aliphatic carbocycles. The number of carbonyl (C=O) groups excluding carboxylic acids is 2. The average Bonchev–Trinajstić information content (AvgIpc) is 3.18. The monoisotopic (exact) mass is 349 g/mol. The van der Waals surface area contributed by atoms with E-state index in [2.05, 4.69) is 4.90 Å². The van der Waals surface area contributed by atoms with Crippen LogP contribution < -0.4 is 5.73 Å². The minimum absolute atomic E-state index is 0.298. The molecule has 2 amide bonds. The quantitative estimate of drug-likeness (QED) is 0.718. The zero-order valence-electron chi connectivity index (χ0n) is 15.6. The first-order valence-corrected chi connectivity index (χ1v) is 10.4. The third kappa shape index (κ3) is 4.96. The lowest BCUT2D eigenvalue weighted by Crippen LogP contribution is -2.36. The van der Waals surface area contributed by atoms with E-state index in [4.69, 9.17) is 5.73 Å². The Morgan fingerprint density at radius 3 is 2.00 bits per heavy atom. The smallest absolute Gasteiger partial charge is 0.222 e. The van der Waals surface area contributed by atoms with Crippen molar-refractivity contribution in [3.05, 3.63) is 0 Å². The maximum atomic E-state index is 12.6. The van der Waals surface area contributed by atoms with Crippen molar-refractivity contribution in [1.82, 2.24) is 9.80 Å². The van der Waals surface area contributed by atoms with Crippen LogP contribution in [0.15, 0.2) is 0 Å². The normalized spacial score (nSPS) is 26.9. The Bertz CT molecular complexity index is 448. The number of likely N-dealkylation sites (tertiary alicyclic amines) is 2. The van der Waals surface area contributed by atoms with Crippen molar-refractivity contribution >= 4 is 11.8 Å². The lowest BCUT2D eigenvalue weighted by molar-refractivity contribution is -0.132. The lowest BCUT2D eigenvalue weighted by Gasteiger charge is -2.25. The molecule has 3 fully saturated rings. The van der Waals surface area contributed by atoms with Crippen LogP contribution in [0.1, 0.15) is 64.2 Å². The Morgan fingerprint density at radius 2 is 1.40 bits per heavy atom. The summed E-state index contributed by atoms with van der Waals surface area (Å²) < 4.78 is 0. The summed E-state index contributed by atoms with van der Waals surface area (Å²) in [4.78, 5) is 29.1. The van der Waals surface area contributed by atoms with Crippen LogP contribution in [0.25, 0.3) is 0 Å². The standard InChI is InChI=1S/C20H35N3O2/c21-10-6-2-5-9-19(24)22-12-17-14-23(15-18(17)13-22)20(25)11-16-7-3-1-4-8-16/h16-18H,1-15,21H2. The van der Waals surface area contributed by atoms with Crippen molar-refractivity contribution in [2.75, 3.05) is 32.7 Å². The second kappa shape index (κ2) is 9.02. The van der Waals surface area contributed by atoms with Gasteiger partial charge in [-0.2, -0.15) is 0 Å². The van der Waals surface area contributed by atoms with E-state index in [1.54, 1.807) is 0 Å². The number of nitrogens with zero attached hydrogens (tertiary/aromatic N) is 2. The van der Waals surface area contributed by atoms with Crippen LogP contribution >= 0.6 is 0 Å². The highest BCUT2D eigenvalue weighted by molar-refractivity contribution is 5.78. The molecule has 0 bridgehead atoms. The fourth-order valence-corrected chi connectivity index (χ4v) is 4.92. The van der Waals surface area contributed by atoms with E-state index in [0.29, 0.717) is 42.5 Å². The van der Waals surface area contributed by atoms with Crippen LogP contribution in [0, 0.1) is 17.8 Å². The first-order valence-electron chi connectivity index (χ1n) is 10.4. The molecule has 3 rings (SSSR count). The van der Waals surface area contributed by atoms with Gasteiger partial charge in [-0.15, -0.1) is 0 Å². The summed E-state index contributed by atoms with van der Waals surface area (Å²) in [6.45, 7) is 4.16. The second-order valence-corrected chi connectivity index (χ2v) is 8.43. The Kier molecular flexibility index (Phi) is 6.74. The molecule has 2 heterocycles. The van der Waals surface area contributed by atoms with Crippen LogP contribution in [-0.4, -0.2) is 54.3 Å². The summed E-state index contributed by atoms with van der Waals surface area (Å²) in [6, 6.07) is 0. The number of hydrogen-bond donors (Lipinski definition) is 1. The summed E-state index contributed by atoms with van der Waals surface area (Å²) >= 11 is 0. The maximum Gasteiger partial charge on any atom is 0.222 e.